The minimum Gasteiger partial charge on any atom is -0.195 e. The Kier molecular flexibility index (Phi) is 15.1. The molecule has 0 radical (unpaired) electrons. The van der Waals surface area contributed by atoms with Gasteiger partial charge in [-0.1, -0.05) is 30.5 Å². The zero-order chi connectivity index (χ0) is 45.1. The second kappa shape index (κ2) is 19.7. The van der Waals surface area contributed by atoms with Gasteiger partial charge in [0.15, 0.2) is 0 Å². The summed E-state index contributed by atoms with van der Waals surface area (Å²) < 4.78 is 20.3. The average Bonchev–Trinajstić information content (AvgIpc) is 3.80. The summed E-state index contributed by atoms with van der Waals surface area (Å²) >= 11 is 7.33. The number of hydrogen-bond acceptors (Lipinski definition) is 10. The maximum Gasteiger partial charge on any atom is 0.0817 e. The molecule has 4 aromatic rings. The fraction of sp³-hybridized carbons (Fsp3) is 0.522. The molecule has 2 aliphatic rings. The van der Waals surface area contributed by atoms with Gasteiger partial charge in [0, 0.05) is 38.3 Å². The maximum atomic E-state index is 15.1. The van der Waals surface area contributed by atoms with Gasteiger partial charge in [-0.05, 0) is 62.9 Å². The Labute approximate surface area is 382 Å². The summed E-state index contributed by atoms with van der Waals surface area (Å²) in [6, 6.07) is 6.91. The number of aliphatic hydroxyl groups excluding tert-OH is 1. The molecular weight excluding hydrogens is 944 g/mol. The molecule has 4 atom stereocenters. The summed E-state index contributed by atoms with van der Waals surface area (Å²) in [6.45, 7) is 13.8. The molecule has 0 saturated carbocycles. The molecule has 2 aromatic carbocycles. The molecule has 2 aromatic heterocycles. The number of ether oxygens (including phenoxy) is 1. The van der Waals surface area contributed by atoms with Gasteiger partial charge in [-0.25, -0.2) is 4.39 Å². The summed E-state index contributed by atoms with van der Waals surface area (Å²) in [5.74, 6) is 1.17. The molecule has 332 valence electrons. The number of nitrogens with zero attached hydrogens (tertiary/aromatic N) is 5. The minimum absolute atomic E-state index is 0.0480. The van der Waals surface area contributed by atoms with E-state index in [4.69, 9.17) is 33.5 Å². The van der Waals surface area contributed by atoms with Crippen molar-refractivity contribution in [3.8, 4) is 35.6 Å². The number of aliphatic hydroxyl groups is 1. The molecule has 6 rings (SSSR count). The predicted octanol–water partition coefficient (Wildman–Crippen LogP) is 3.99. The number of rotatable bonds is 15. The molecule has 2 fully saturated rings. The van der Waals surface area contributed by atoms with Gasteiger partial charge in [0.25, 0.3) is 0 Å². The first kappa shape index (κ1) is 47.4. The molecule has 62 heavy (non-hydrogen) atoms. The molecule has 1 unspecified atom stereocenters. The van der Waals surface area contributed by atoms with Crippen LogP contribution in [0.3, 0.4) is 0 Å². The minimum atomic E-state index is -1.02. The van der Waals surface area contributed by atoms with Gasteiger partial charge in [-0.15, -0.1) is 17.8 Å². The molecule has 0 bridgehead atoms. The Bertz CT molecular complexity index is 2460. The Balaban J connectivity index is 1.05. The van der Waals surface area contributed by atoms with E-state index in [0.717, 1.165) is 65.7 Å². The number of thiophene rings is 1. The summed E-state index contributed by atoms with van der Waals surface area (Å²) in [5, 5.41) is 25.5. The van der Waals surface area contributed by atoms with E-state index in [9.17, 15) is 24.8 Å². The van der Waals surface area contributed by atoms with Crippen LogP contribution in [0.4, 0.5) is 4.39 Å². The van der Waals surface area contributed by atoms with E-state index in [1.807, 2.05) is 47.6 Å². The monoisotopic (exact) mass is 998 g/mol. The number of unbranched alkanes of at least 4 members (excludes halogenated alkanes) is 3. The van der Waals surface area contributed by atoms with Gasteiger partial charge >= 0.3 is 166 Å². The van der Waals surface area contributed by atoms with Crippen LogP contribution in [0, 0.1) is 54.2 Å². The van der Waals surface area contributed by atoms with Crippen molar-refractivity contribution in [3.63, 3.8) is 0 Å². The van der Waals surface area contributed by atoms with Crippen LogP contribution in [0.2, 0.25) is 5.02 Å². The van der Waals surface area contributed by atoms with Crippen molar-refractivity contribution in [2.24, 2.45) is 16.6 Å². The summed E-state index contributed by atoms with van der Waals surface area (Å²) in [4.78, 5) is 52.6. The quantitative estimate of drug-likeness (QED) is 0.0524. The van der Waals surface area contributed by atoms with Crippen LogP contribution >= 0.6 is 22.9 Å². The largest absolute Gasteiger partial charge is 0.195 e. The zero-order valence-electron chi connectivity index (χ0n) is 36.2. The number of amides is 3. The molecule has 2 aliphatic heterocycles. The van der Waals surface area contributed by atoms with Crippen molar-refractivity contribution in [1.82, 2.24) is 25.1 Å². The van der Waals surface area contributed by atoms with E-state index in [-0.39, 0.29) is 37.3 Å². The van der Waals surface area contributed by atoms with Crippen molar-refractivity contribution >= 4 is 61.6 Å². The van der Waals surface area contributed by atoms with Gasteiger partial charge in [0.05, 0.1) is 22.0 Å². The number of likely N-dealkylation sites (tertiary alicyclic amines) is 1. The molecule has 12 nitrogen and oxygen atoms in total. The predicted molar refractivity (Wildman–Crippen MR) is 236 cm³/mol. The number of nitrogens with one attached hydrogen (secondary N) is 1. The van der Waals surface area contributed by atoms with Crippen LogP contribution < -0.4 is 37.0 Å². The van der Waals surface area contributed by atoms with Crippen LogP contribution in [-0.2, 0) is 20.8 Å². The van der Waals surface area contributed by atoms with Crippen LogP contribution in [0.5, 0.6) is 6.01 Å². The van der Waals surface area contributed by atoms with Crippen molar-refractivity contribution in [1.29, 1.82) is 5.26 Å². The average molecular weight is 999 g/mol. The van der Waals surface area contributed by atoms with Crippen LogP contribution in [0.15, 0.2) is 18.2 Å². The number of alkyl halides is 2. The molecule has 3 amide bonds. The number of piperidine rings is 1. The topological polar surface area (TPSA) is 175 Å². The van der Waals surface area contributed by atoms with Gasteiger partial charge in [-0.2, -0.15) is 15.2 Å². The van der Waals surface area contributed by atoms with E-state index in [1.165, 1.54) is 22.3 Å². The number of halogens is 3. The number of hydrogen-bond donors (Lipinski definition) is 3. The van der Waals surface area contributed by atoms with Gasteiger partial charge in [0.2, 0.25) is 0 Å². The number of aryl methyl sites for hydroxylation is 3. The van der Waals surface area contributed by atoms with Gasteiger partial charge in [0.1, 0.15) is 17.8 Å². The number of nitriles is 1. The Morgan fingerprint density at radius 2 is 1.97 bits per heavy atom. The first-order chi connectivity index (χ1) is 29.4. The molecule has 4 N–H and O–H groups in total. The third-order valence-corrected chi connectivity index (χ3v) is 16.4. The number of benzene rings is 2. The van der Waals surface area contributed by atoms with Crippen LogP contribution in [-0.4, -0.2) is 89.6 Å². The van der Waals surface area contributed by atoms with Crippen LogP contribution in [0.25, 0.3) is 32.1 Å². The van der Waals surface area contributed by atoms with Crippen molar-refractivity contribution in [2.75, 3.05) is 32.8 Å². The molecule has 0 aliphatic carbocycles. The number of terminal acetylenes is 1. The van der Waals surface area contributed by atoms with E-state index >= 15 is 4.39 Å². The summed E-state index contributed by atoms with van der Waals surface area (Å²) in [6.07, 6.45) is 11.6. The first-order valence-electron chi connectivity index (χ1n) is 21.1. The van der Waals surface area contributed by atoms with Gasteiger partial charge in [-0.3, -0.25) is 0 Å². The first-order valence-corrected chi connectivity index (χ1v) is 24.7. The van der Waals surface area contributed by atoms with Gasteiger partial charge < -0.3 is 9.64 Å². The summed E-state index contributed by atoms with van der Waals surface area (Å²) in [7, 11) is 0. The number of nitrogens with two attached hydrogens (primary N) is 1. The van der Waals surface area contributed by atoms with Crippen molar-refractivity contribution < 1.29 is 49.8 Å². The van der Waals surface area contributed by atoms with E-state index < -0.39 is 58.1 Å². The van der Waals surface area contributed by atoms with E-state index in [0.29, 0.717) is 57.7 Å². The third kappa shape index (κ3) is 10.1. The number of primary amides is 1. The molecule has 4 heterocycles. The molecule has 0 spiro atoms. The smallest absolute Gasteiger partial charge is 0.0817 e. The molecule has 2 saturated heterocycles. The number of carbonyl (C=O) groups excluding carboxylic acids is 3. The standard InChI is InChI=1S/C46H55ClFIN7O5S/c1-8-28-27(4)62-39-33(48)17-16-30(37(28)39)36-29(9-2)38-31(21-32(36)47)26(3)52-44(54-38)61-25-46(23-50)18-14-20-55(24-46)19-13-11-10-12-15-35(58)53-40(45(5,6)7)43(60)56-22-34(57)49-41(56)42(51)59/h1,16-17,21,34,40-41,57H,9-15,18-20,22,24-25H2,2-7H3,(H2,51,59)(H,53,58)/q-1/t34-,40+,41+,46?/m0/s1. The zero-order valence-corrected chi connectivity index (χ0v) is 39.9. The maximum absolute atomic E-state index is 15.1. The summed E-state index contributed by atoms with van der Waals surface area (Å²) in [5.41, 5.74) is 8.54. The Hall–Kier alpha value is -4.13. The SMILES string of the molecule is C#Cc1c(C)sc2c(F)ccc(-c3c(Cl)cc4c(C)nc(OCC5(C#N)CCCN(CCCCCCC(=O)N[C@H](C(=O)N6C[C@H](O)[I-][C@H]6C(N)=O)C(C)(C)C)C5)nc4c3CC)c12. The number of carbonyl (C=O) groups is 3. The normalized spacial score (nSPS) is 20.1. The Morgan fingerprint density at radius 1 is 1.23 bits per heavy atom. The number of β-amino-alcohol motifs (C(OH)–C–C–N with tert-alkyl or cyclic N) is 1. The van der Waals surface area contributed by atoms with E-state index in [1.54, 1.807) is 6.07 Å². The molecule has 16 heteroatoms. The van der Waals surface area contributed by atoms with Crippen molar-refractivity contribution in [3.05, 3.63) is 50.7 Å². The third-order valence-electron chi connectivity index (χ3n) is 11.8. The fourth-order valence-corrected chi connectivity index (χ4v) is 12.6. The second-order valence-electron chi connectivity index (χ2n) is 17.4. The number of fused-ring (bicyclic) bond motifs is 2. The second-order valence-corrected chi connectivity index (χ2v) is 22.4. The fourth-order valence-electron chi connectivity index (χ4n) is 8.59. The molecular formula is C46H55ClFIN7O5S-. The van der Waals surface area contributed by atoms with E-state index in [2.05, 4.69) is 27.2 Å². The number of aromatic nitrogens is 2. The van der Waals surface area contributed by atoms with Crippen molar-refractivity contribution in [2.45, 2.75) is 107 Å². The Morgan fingerprint density at radius 3 is 2.65 bits per heavy atom. The van der Waals surface area contributed by atoms with Crippen LogP contribution in [0.1, 0.15) is 94.3 Å².